The molecule has 0 radical (unpaired) electrons. The van der Waals surface area contributed by atoms with Gasteiger partial charge in [-0.1, -0.05) is 0 Å². The van der Waals surface area contributed by atoms with Crippen LogP contribution in [0.2, 0.25) is 0 Å². The Bertz CT molecular complexity index is 188. The summed E-state index contributed by atoms with van der Waals surface area (Å²) in [6, 6.07) is 0.0867. The monoisotopic (exact) mass is 246 g/mol. The van der Waals surface area contributed by atoms with E-state index in [9.17, 15) is 4.79 Å². The van der Waals surface area contributed by atoms with E-state index in [1.54, 1.807) is 4.90 Å². The fraction of sp³-hybridized carbons (Fsp3) is 0.917. The summed E-state index contributed by atoms with van der Waals surface area (Å²) in [5, 5.41) is 2.87. The van der Waals surface area contributed by atoms with Crippen LogP contribution in [0.15, 0.2) is 0 Å². The number of amides is 2. The average molecular weight is 246 g/mol. The molecule has 0 aromatic rings. The second kappa shape index (κ2) is 10.4. The van der Waals surface area contributed by atoms with Crippen molar-refractivity contribution in [3.63, 3.8) is 0 Å². The molecule has 0 rings (SSSR count). The van der Waals surface area contributed by atoms with E-state index in [1.165, 1.54) is 0 Å². The van der Waals surface area contributed by atoms with Crippen molar-refractivity contribution in [1.29, 1.82) is 0 Å². The molecule has 0 aliphatic carbocycles. The zero-order valence-corrected chi connectivity index (χ0v) is 11.5. The summed E-state index contributed by atoms with van der Waals surface area (Å²) in [6.07, 6.45) is 0. The molecule has 102 valence electrons. The number of nitrogens with one attached hydrogen (secondary N) is 1. The van der Waals surface area contributed by atoms with E-state index in [2.05, 4.69) is 5.32 Å². The highest BCUT2D eigenvalue weighted by molar-refractivity contribution is 5.74. The lowest BCUT2D eigenvalue weighted by Gasteiger charge is -2.24. The van der Waals surface area contributed by atoms with Gasteiger partial charge in [-0.25, -0.2) is 4.79 Å². The second-order valence-corrected chi connectivity index (χ2v) is 3.99. The molecule has 17 heavy (non-hydrogen) atoms. The van der Waals surface area contributed by atoms with Crippen LogP contribution in [0.1, 0.15) is 27.7 Å². The maximum atomic E-state index is 11.8. The third-order valence-electron chi connectivity index (χ3n) is 2.12. The number of rotatable bonds is 9. The van der Waals surface area contributed by atoms with Gasteiger partial charge in [0.05, 0.1) is 13.2 Å². The lowest BCUT2D eigenvalue weighted by Crippen LogP contribution is -2.45. The van der Waals surface area contributed by atoms with E-state index in [4.69, 9.17) is 9.47 Å². The van der Waals surface area contributed by atoms with Gasteiger partial charge in [0.2, 0.25) is 0 Å². The number of nitrogens with zero attached hydrogens (tertiary/aromatic N) is 1. The highest BCUT2D eigenvalue weighted by Crippen LogP contribution is 1.93. The van der Waals surface area contributed by atoms with Crippen LogP contribution < -0.4 is 5.32 Å². The molecule has 0 fully saturated rings. The Balaban J connectivity index is 4.03. The lowest BCUT2D eigenvalue weighted by atomic mass is 10.4. The van der Waals surface area contributed by atoms with E-state index < -0.39 is 0 Å². The first-order valence-electron chi connectivity index (χ1n) is 6.32. The first-order chi connectivity index (χ1) is 8.11. The average Bonchev–Trinajstić information content (AvgIpc) is 2.26. The summed E-state index contributed by atoms with van der Waals surface area (Å²) >= 11 is 0. The Morgan fingerprint density at radius 1 is 1.12 bits per heavy atom. The van der Waals surface area contributed by atoms with Gasteiger partial charge in [0.1, 0.15) is 0 Å². The molecule has 0 saturated heterocycles. The van der Waals surface area contributed by atoms with Gasteiger partial charge in [-0.05, 0) is 27.7 Å². The van der Waals surface area contributed by atoms with E-state index in [1.807, 2.05) is 27.7 Å². The van der Waals surface area contributed by atoms with Crippen LogP contribution in [0.5, 0.6) is 0 Å². The molecule has 5 heteroatoms. The smallest absolute Gasteiger partial charge is 0.317 e. The van der Waals surface area contributed by atoms with Crippen molar-refractivity contribution in [2.75, 3.05) is 39.5 Å². The van der Waals surface area contributed by atoms with Gasteiger partial charge in [0, 0.05) is 32.3 Å². The van der Waals surface area contributed by atoms with Crippen molar-refractivity contribution in [2.45, 2.75) is 33.7 Å². The van der Waals surface area contributed by atoms with Gasteiger partial charge in [-0.3, -0.25) is 0 Å². The zero-order valence-electron chi connectivity index (χ0n) is 11.5. The van der Waals surface area contributed by atoms with Crippen molar-refractivity contribution in [2.24, 2.45) is 0 Å². The third kappa shape index (κ3) is 8.94. The SMILES string of the molecule is CCOCCN(CCOCC)C(=O)NC(C)C. The largest absolute Gasteiger partial charge is 0.380 e. The number of hydrogen-bond acceptors (Lipinski definition) is 3. The van der Waals surface area contributed by atoms with E-state index in [0.29, 0.717) is 39.5 Å². The van der Waals surface area contributed by atoms with Crippen LogP contribution in [0.25, 0.3) is 0 Å². The van der Waals surface area contributed by atoms with Crippen LogP contribution in [0, 0.1) is 0 Å². The molecule has 0 bridgehead atoms. The number of carbonyl (C=O) groups excluding carboxylic acids is 1. The van der Waals surface area contributed by atoms with Gasteiger partial charge >= 0.3 is 6.03 Å². The first kappa shape index (κ1) is 16.2. The molecule has 0 spiro atoms. The molecule has 0 aliphatic heterocycles. The highest BCUT2D eigenvalue weighted by atomic mass is 16.5. The second-order valence-electron chi connectivity index (χ2n) is 3.99. The maximum Gasteiger partial charge on any atom is 0.317 e. The van der Waals surface area contributed by atoms with E-state index in [0.717, 1.165) is 0 Å². The summed E-state index contributed by atoms with van der Waals surface area (Å²) in [4.78, 5) is 13.6. The number of hydrogen-bond donors (Lipinski definition) is 1. The molecule has 2 amide bonds. The van der Waals surface area contributed by atoms with Crippen LogP contribution in [-0.2, 0) is 9.47 Å². The van der Waals surface area contributed by atoms with Crippen LogP contribution in [0.4, 0.5) is 4.79 Å². The Labute approximate surface area is 104 Å². The van der Waals surface area contributed by atoms with Crippen LogP contribution in [0.3, 0.4) is 0 Å². The predicted molar refractivity (Wildman–Crippen MR) is 68.2 cm³/mol. The molecular weight excluding hydrogens is 220 g/mol. The summed E-state index contributed by atoms with van der Waals surface area (Å²) < 4.78 is 10.5. The van der Waals surface area contributed by atoms with Gasteiger partial charge in [0.15, 0.2) is 0 Å². The third-order valence-corrected chi connectivity index (χ3v) is 2.12. The minimum Gasteiger partial charge on any atom is -0.380 e. The summed E-state index contributed by atoms with van der Waals surface area (Å²) in [5.74, 6) is 0. The Kier molecular flexibility index (Phi) is 9.86. The van der Waals surface area contributed by atoms with Crippen LogP contribution in [-0.4, -0.2) is 56.5 Å². The van der Waals surface area contributed by atoms with Gasteiger partial charge in [-0.15, -0.1) is 0 Å². The summed E-state index contributed by atoms with van der Waals surface area (Å²) in [5.41, 5.74) is 0. The highest BCUT2D eigenvalue weighted by Gasteiger charge is 2.13. The normalized spacial score (nSPS) is 10.6. The molecule has 0 aromatic carbocycles. The van der Waals surface area contributed by atoms with Crippen molar-refractivity contribution in [3.8, 4) is 0 Å². The van der Waals surface area contributed by atoms with Crippen molar-refractivity contribution < 1.29 is 14.3 Å². The fourth-order valence-corrected chi connectivity index (χ4v) is 1.29. The Morgan fingerprint density at radius 2 is 1.59 bits per heavy atom. The maximum absolute atomic E-state index is 11.8. The zero-order chi connectivity index (χ0) is 13.1. The fourth-order valence-electron chi connectivity index (χ4n) is 1.29. The summed E-state index contributed by atoms with van der Waals surface area (Å²) in [6.45, 7) is 11.4. The molecule has 1 N–H and O–H groups in total. The summed E-state index contributed by atoms with van der Waals surface area (Å²) in [7, 11) is 0. The number of carbonyl (C=O) groups is 1. The Hall–Kier alpha value is -0.810. The van der Waals surface area contributed by atoms with E-state index in [-0.39, 0.29) is 12.1 Å². The predicted octanol–water partition coefficient (Wildman–Crippen LogP) is 1.48. The van der Waals surface area contributed by atoms with Crippen molar-refractivity contribution >= 4 is 6.03 Å². The van der Waals surface area contributed by atoms with E-state index >= 15 is 0 Å². The molecular formula is C12H26N2O3. The lowest BCUT2D eigenvalue weighted by molar-refractivity contribution is 0.0919. The number of ether oxygens (including phenoxy) is 2. The first-order valence-corrected chi connectivity index (χ1v) is 6.32. The van der Waals surface area contributed by atoms with Gasteiger partial charge in [0.25, 0.3) is 0 Å². The standard InChI is InChI=1S/C12H26N2O3/c1-5-16-9-7-14(8-10-17-6-2)12(15)13-11(3)4/h11H,5-10H2,1-4H3,(H,13,15). The molecule has 0 unspecified atom stereocenters. The quantitative estimate of drug-likeness (QED) is 0.627. The van der Waals surface area contributed by atoms with Crippen molar-refractivity contribution in [1.82, 2.24) is 10.2 Å². The molecule has 0 saturated carbocycles. The molecule has 0 heterocycles. The Morgan fingerprint density at radius 3 is 1.94 bits per heavy atom. The molecule has 0 aliphatic rings. The van der Waals surface area contributed by atoms with Gasteiger partial charge in [-0.2, -0.15) is 0 Å². The molecule has 0 aromatic heterocycles. The van der Waals surface area contributed by atoms with Crippen molar-refractivity contribution in [3.05, 3.63) is 0 Å². The topological polar surface area (TPSA) is 50.8 Å². The minimum atomic E-state index is -0.0561. The number of urea groups is 1. The van der Waals surface area contributed by atoms with Gasteiger partial charge < -0.3 is 19.7 Å². The molecule has 5 nitrogen and oxygen atoms in total. The molecule has 0 atom stereocenters. The minimum absolute atomic E-state index is 0.0561. The van der Waals surface area contributed by atoms with Crippen LogP contribution >= 0.6 is 0 Å².